The summed E-state index contributed by atoms with van der Waals surface area (Å²) in [5.74, 6) is 1.05. The number of carbonyl (C=O) groups is 2. The van der Waals surface area contributed by atoms with Crippen molar-refractivity contribution >= 4 is 24.0 Å². The van der Waals surface area contributed by atoms with E-state index in [4.69, 9.17) is 14.2 Å². The fourth-order valence-electron chi connectivity index (χ4n) is 3.28. The standard InChI is InChI=1S/C25H31N3O5/c1-25(2,3)33-24(30)28-20(23(29)31-4)16-18-10-8-17(9-11-18)6-5-7-19-12-13-21-22(27-19)26-14-15-32-21/h5-6,8-13,20H,7,14-16H2,1-4H3,(H,26,27)(H,28,30)/b6-5+/t20-/m0/s1. The van der Waals surface area contributed by atoms with Crippen molar-refractivity contribution in [2.75, 3.05) is 25.6 Å². The van der Waals surface area contributed by atoms with Crippen LogP contribution in [0.4, 0.5) is 10.6 Å². The molecule has 0 bridgehead atoms. The fourth-order valence-corrected chi connectivity index (χ4v) is 3.28. The number of hydrogen-bond donors (Lipinski definition) is 2. The summed E-state index contributed by atoms with van der Waals surface area (Å²) in [6, 6.07) is 10.8. The summed E-state index contributed by atoms with van der Waals surface area (Å²) in [6.45, 7) is 6.70. The van der Waals surface area contributed by atoms with Crippen LogP contribution in [0.5, 0.6) is 5.75 Å². The zero-order valence-corrected chi connectivity index (χ0v) is 19.5. The average Bonchev–Trinajstić information content (AvgIpc) is 2.78. The van der Waals surface area contributed by atoms with Crippen LogP contribution in [0.3, 0.4) is 0 Å². The number of rotatable bonds is 7. The molecule has 8 nitrogen and oxygen atoms in total. The maximum absolute atomic E-state index is 12.1. The summed E-state index contributed by atoms with van der Waals surface area (Å²) in [5, 5.41) is 5.83. The van der Waals surface area contributed by atoms with Crippen molar-refractivity contribution in [3.05, 3.63) is 59.3 Å². The summed E-state index contributed by atoms with van der Waals surface area (Å²) in [5.41, 5.74) is 2.21. The largest absolute Gasteiger partial charge is 0.488 e. The topological polar surface area (TPSA) is 98.8 Å². The molecule has 1 aliphatic rings. The van der Waals surface area contributed by atoms with E-state index in [-0.39, 0.29) is 0 Å². The third-order valence-electron chi connectivity index (χ3n) is 4.80. The van der Waals surface area contributed by atoms with E-state index in [0.717, 1.165) is 34.9 Å². The lowest BCUT2D eigenvalue weighted by atomic mass is 10.0. The highest BCUT2D eigenvalue weighted by molar-refractivity contribution is 5.81. The van der Waals surface area contributed by atoms with Crippen LogP contribution < -0.4 is 15.4 Å². The van der Waals surface area contributed by atoms with Crippen LogP contribution in [0.15, 0.2) is 42.5 Å². The first-order chi connectivity index (χ1) is 15.7. The van der Waals surface area contributed by atoms with Crippen LogP contribution in [0.1, 0.15) is 37.6 Å². The average molecular weight is 454 g/mol. The van der Waals surface area contributed by atoms with Crippen molar-refractivity contribution in [3.63, 3.8) is 0 Å². The molecular formula is C25H31N3O5. The van der Waals surface area contributed by atoms with Crippen molar-refractivity contribution in [1.82, 2.24) is 10.3 Å². The third kappa shape index (κ3) is 7.52. The number of carbonyl (C=O) groups excluding carboxylic acids is 2. The minimum Gasteiger partial charge on any atom is -0.488 e. The number of nitrogens with one attached hydrogen (secondary N) is 2. The van der Waals surface area contributed by atoms with Crippen molar-refractivity contribution in [2.45, 2.75) is 45.3 Å². The van der Waals surface area contributed by atoms with Gasteiger partial charge in [-0.1, -0.05) is 36.4 Å². The van der Waals surface area contributed by atoms with Crippen LogP contribution in [-0.2, 0) is 27.1 Å². The molecule has 1 amide bonds. The molecule has 8 heteroatoms. The van der Waals surface area contributed by atoms with Gasteiger partial charge in [0.15, 0.2) is 11.6 Å². The molecule has 0 spiro atoms. The van der Waals surface area contributed by atoms with Gasteiger partial charge < -0.3 is 24.8 Å². The Morgan fingerprint density at radius 1 is 1.21 bits per heavy atom. The fraction of sp³-hybridized carbons (Fsp3) is 0.400. The van der Waals surface area contributed by atoms with E-state index in [0.29, 0.717) is 19.4 Å². The molecule has 0 saturated carbocycles. The smallest absolute Gasteiger partial charge is 0.408 e. The van der Waals surface area contributed by atoms with Gasteiger partial charge in [-0.25, -0.2) is 14.6 Å². The molecule has 0 aliphatic carbocycles. The van der Waals surface area contributed by atoms with E-state index in [9.17, 15) is 9.59 Å². The van der Waals surface area contributed by atoms with E-state index in [1.807, 2.05) is 42.5 Å². The van der Waals surface area contributed by atoms with E-state index in [2.05, 4.69) is 21.7 Å². The van der Waals surface area contributed by atoms with Crippen LogP contribution in [0, 0.1) is 0 Å². The molecule has 1 aliphatic heterocycles. The van der Waals surface area contributed by atoms with Crippen LogP contribution in [-0.4, -0.2) is 49.0 Å². The van der Waals surface area contributed by atoms with Gasteiger partial charge in [0.05, 0.1) is 13.7 Å². The van der Waals surface area contributed by atoms with E-state index >= 15 is 0 Å². The Balaban J connectivity index is 1.57. The van der Waals surface area contributed by atoms with Crippen LogP contribution >= 0.6 is 0 Å². The predicted octanol–water partition coefficient (Wildman–Crippen LogP) is 3.75. The minimum atomic E-state index is -0.834. The van der Waals surface area contributed by atoms with Crippen molar-refractivity contribution in [1.29, 1.82) is 0 Å². The van der Waals surface area contributed by atoms with Gasteiger partial charge in [0.25, 0.3) is 0 Å². The molecule has 0 unspecified atom stereocenters. The molecule has 2 N–H and O–H groups in total. The van der Waals surface area contributed by atoms with Gasteiger partial charge >= 0.3 is 12.1 Å². The first kappa shape index (κ1) is 24.1. The number of esters is 1. The Morgan fingerprint density at radius 3 is 2.67 bits per heavy atom. The highest BCUT2D eigenvalue weighted by Crippen LogP contribution is 2.25. The predicted molar refractivity (Wildman–Crippen MR) is 126 cm³/mol. The molecule has 176 valence electrons. The molecule has 0 radical (unpaired) electrons. The number of amides is 1. The normalized spacial score (nSPS) is 13.9. The number of pyridine rings is 1. The molecule has 1 atom stereocenters. The Kier molecular flexibility index (Phi) is 7.92. The second-order valence-corrected chi connectivity index (χ2v) is 8.70. The lowest BCUT2D eigenvalue weighted by molar-refractivity contribution is -0.143. The molecular weight excluding hydrogens is 422 g/mol. The number of methoxy groups -OCH3 is 1. The number of ether oxygens (including phenoxy) is 3. The SMILES string of the molecule is COC(=O)[C@H](Cc1ccc(/C=C/Cc2ccc3c(n2)NCCO3)cc1)NC(=O)OC(C)(C)C. The molecule has 3 rings (SSSR count). The molecule has 2 heterocycles. The number of nitrogens with zero attached hydrogens (tertiary/aromatic N) is 1. The van der Waals surface area contributed by atoms with E-state index < -0.39 is 23.7 Å². The lowest BCUT2D eigenvalue weighted by Gasteiger charge is -2.22. The quantitative estimate of drug-likeness (QED) is 0.616. The van der Waals surface area contributed by atoms with Gasteiger partial charge in [-0.05, 0) is 44.0 Å². The summed E-state index contributed by atoms with van der Waals surface area (Å²) >= 11 is 0. The second kappa shape index (κ2) is 10.8. The molecule has 1 aromatic heterocycles. The number of benzene rings is 1. The van der Waals surface area contributed by atoms with Crippen molar-refractivity contribution in [2.24, 2.45) is 0 Å². The maximum Gasteiger partial charge on any atom is 0.408 e. The molecule has 0 saturated heterocycles. The number of allylic oxidation sites excluding steroid dienone is 1. The molecule has 33 heavy (non-hydrogen) atoms. The van der Waals surface area contributed by atoms with Gasteiger partial charge in [0.2, 0.25) is 0 Å². The Bertz CT molecular complexity index is 996. The van der Waals surface area contributed by atoms with Crippen molar-refractivity contribution < 1.29 is 23.8 Å². The molecule has 2 aromatic rings. The number of hydrogen-bond acceptors (Lipinski definition) is 7. The zero-order valence-electron chi connectivity index (χ0n) is 19.5. The van der Waals surface area contributed by atoms with Gasteiger partial charge in [0, 0.05) is 18.5 Å². The third-order valence-corrected chi connectivity index (χ3v) is 4.80. The monoisotopic (exact) mass is 453 g/mol. The Hall–Kier alpha value is -3.55. The van der Waals surface area contributed by atoms with Crippen LogP contribution in [0.2, 0.25) is 0 Å². The number of alkyl carbamates (subject to hydrolysis) is 1. The van der Waals surface area contributed by atoms with E-state index in [1.54, 1.807) is 20.8 Å². The van der Waals surface area contributed by atoms with Gasteiger partial charge in [-0.15, -0.1) is 0 Å². The van der Waals surface area contributed by atoms with E-state index in [1.165, 1.54) is 7.11 Å². The van der Waals surface area contributed by atoms with Gasteiger partial charge in [-0.2, -0.15) is 0 Å². The zero-order chi connectivity index (χ0) is 23.8. The lowest BCUT2D eigenvalue weighted by Crippen LogP contribution is -2.45. The summed E-state index contributed by atoms with van der Waals surface area (Å²) in [6.07, 6.45) is 4.40. The second-order valence-electron chi connectivity index (χ2n) is 8.70. The Labute approximate surface area is 194 Å². The first-order valence-corrected chi connectivity index (χ1v) is 10.9. The molecule has 1 aromatic carbocycles. The summed E-state index contributed by atoms with van der Waals surface area (Å²) < 4.78 is 15.6. The highest BCUT2D eigenvalue weighted by atomic mass is 16.6. The number of fused-ring (bicyclic) bond motifs is 1. The maximum atomic E-state index is 12.1. The highest BCUT2D eigenvalue weighted by Gasteiger charge is 2.25. The molecule has 0 fully saturated rings. The number of anilines is 1. The van der Waals surface area contributed by atoms with Crippen LogP contribution in [0.25, 0.3) is 6.08 Å². The van der Waals surface area contributed by atoms with Gasteiger partial charge in [0.1, 0.15) is 18.2 Å². The first-order valence-electron chi connectivity index (χ1n) is 10.9. The van der Waals surface area contributed by atoms with Gasteiger partial charge in [-0.3, -0.25) is 0 Å². The summed E-state index contributed by atoms with van der Waals surface area (Å²) in [4.78, 5) is 28.8. The number of aromatic nitrogens is 1. The van der Waals surface area contributed by atoms with Crippen molar-refractivity contribution in [3.8, 4) is 5.75 Å². The summed E-state index contributed by atoms with van der Waals surface area (Å²) in [7, 11) is 1.29. The minimum absolute atomic E-state index is 0.296. The Morgan fingerprint density at radius 2 is 1.97 bits per heavy atom.